The van der Waals surface area contributed by atoms with E-state index in [0.29, 0.717) is 28.4 Å². The predicted octanol–water partition coefficient (Wildman–Crippen LogP) is 6.34. The summed E-state index contributed by atoms with van der Waals surface area (Å²) in [7, 11) is 0. The Kier molecular flexibility index (Phi) is 5.38. The summed E-state index contributed by atoms with van der Waals surface area (Å²) in [6.07, 6.45) is 1.70. The molecular formula is C27H21ClN2O2. The SMILES string of the molecule is O=C(Nc1ccc2c(c1)CCCN2C(=O)c1ccccc1Cl)c1cccc2ccccc12. The largest absolute Gasteiger partial charge is 0.322 e. The minimum absolute atomic E-state index is 0.107. The Morgan fingerprint density at radius 3 is 2.47 bits per heavy atom. The van der Waals surface area contributed by atoms with Crippen LogP contribution in [0.3, 0.4) is 0 Å². The van der Waals surface area contributed by atoms with Gasteiger partial charge in [0.05, 0.1) is 10.6 Å². The summed E-state index contributed by atoms with van der Waals surface area (Å²) >= 11 is 6.25. The van der Waals surface area contributed by atoms with Gasteiger partial charge >= 0.3 is 0 Å². The number of anilines is 2. The van der Waals surface area contributed by atoms with Gasteiger partial charge in [-0.3, -0.25) is 9.59 Å². The normalized spacial score (nSPS) is 13.0. The minimum Gasteiger partial charge on any atom is -0.322 e. The number of amides is 2. The van der Waals surface area contributed by atoms with E-state index < -0.39 is 0 Å². The molecule has 4 aromatic rings. The van der Waals surface area contributed by atoms with Crippen LogP contribution in [0, 0.1) is 0 Å². The van der Waals surface area contributed by atoms with Crippen LogP contribution in [-0.2, 0) is 6.42 Å². The summed E-state index contributed by atoms with van der Waals surface area (Å²) in [5.74, 6) is -0.259. The Bertz CT molecular complexity index is 1340. The predicted molar refractivity (Wildman–Crippen MR) is 130 cm³/mol. The number of halogens is 1. The first-order valence-corrected chi connectivity index (χ1v) is 11.0. The highest BCUT2D eigenvalue weighted by atomic mass is 35.5. The van der Waals surface area contributed by atoms with E-state index in [0.717, 1.165) is 34.9 Å². The maximum atomic E-state index is 13.1. The molecule has 0 unspecified atom stereocenters. The first-order chi connectivity index (χ1) is 15.6. The van der Waals surface area contributed by atoms with Crippen molar-refractivity contribution in [3.63, 3.8) is 0 Å². The van der Waals surface area contributed by atoms with Crippen molar-refractivity contribution < 1.29 is 9.59 Å². The van der Waals surface area contributed by atoms with Crippen molar-refractivity contribution in [2.45, 2.75) is 12.8 Å². The van der Waals surface area contributed by atoms with Crippen molar-refractivity contribution in [1.29, 1.82) is 0 Å². The Hall–Kier alpha value is -3.63. The molecular weight excluding hydrogens is 420 g/mol. The van der Waals surface area contributed by atoms with Gasteiger partial charge in [-0.2, -0.15) is 0 Å². The van der Waals surface area contributed by atoms with Gasteiger partial charge in [-0.05, 0) is 65.6 Å². The second-order valence-electron chi connectivity index (χ2n) is 7.86. The van der Waals surface area contributed by atoms with E-state index in [1.54, 1.807) is 17.0 Å². The molecule has 0 fully saturated rings. The first kappa shape index (κ1) is 20.3. The third-order valence-electron chi connectivity index (χ3n) is 5.84. The second-order valence-corrected chi connectivity index (χ2v) is 8.27. The minimum atomic E-state index is -0.151. The van der Waals surface area contributed by atoms with Crippen LogP contribution in [-0.4, -0.2) is 18.4 Å². The number of nitrogens with one attached hydrogen (secondary N) is 1. The van der Waals surface area contributed by atoms with E-state index in [1.807, 2.05) is 72.8 Å². The topological polar surface area (TPSA) is 49.4 Å². The zero-order chi connectivity index (χ0) is 22.1. The number of rotatable bonds is 3. The molecule has 158 valence electrons. The van der Waals surface area contributed by atoms with Crippen molar-refractivity contribution in [2.24, 2.45) is 0 Å². The van der Waals surface area contributed by atoms with Gasteiger partial charge in [-0.25, -0.2) is 0 Å². The zero-order valence-electron chi connectivity index (χ0n) is 17.3. The summed E-state index contributed by atoms with van der Waals surface area (Å²) < 4.78 is 0. The van der Waals surface area contributed by atoms with Crippen LogP contribution >= 0.6 is 11.6 Å². The lowest BCUT2D eigenvalue weighted by atomic mass is 9.99. The number of hydrogen-bond acceptors (Lipinski definition) is 2. The molecule has 0 atom stereocenters. The van der Waals surface area contributed by atoms with Crippen molar-refractivity contribution in [3.8, 4) is 0 Å². The highest BCUT2D eigenvalue weighted by Gasteiger charge is 2.25. The molecule has 1 aliphatic heterocycles. The molecule has 0 saturated carbocycles. The summed E-state index contributed by atoms with van der Waals surface area (Å²) in [6, 6.07) is 26.4. The van der Waals surface area contributed by atoms with Crippen LogP contribution in [0.1, 0.15) is 32.7 Å². The Morgan fingerprint density at radius 1 is 0.844 bits per heavy atom. The maximum absolute atomic E-state index is 13.1. The van der Waals surface area contributed by atoms with E-state index in [-0.39, 0.29) is 11.8 Å². The maximum Gasteiger partial charge on any atom is 0.259 e. The van der Waals surface area contributed by atoms with Crippen molar-refractivity contribution >= 4 is 45.6 Å². The summed E-state index contributed by atoms with van der Waals surface area (Å²) in [5.41, 5.74) is 3.75. The van der Waals surface area contributed by atoms with E-state index in [9.17, 15) is 9.59 Å². The van der Waals surface area contributed by atoms with Gasteiger partial charge in [-0.1, -0.05) is 60.1 Å². The number of carbonyl (C=O) groups excluding carboxylic acids is 2. The zero-order valence-corrected chi connectivity index (χ0v) is 18.1. The number of fused-ring (bicyclic) bond motifs is 2. The van der Waals surface area contributed by atoms with Crippen LogP contribution < -0.4 is 10.2 Å². The van der Waals surface area contributed by atoms with E-state index in [4.69, 9.17) is 11.6 Å². The molecule has 0 spiro atoms. The molecule has 2 amide bonds. The molecule has 4 nitrogen and oxygen atoms in total. The third kappa shape index (κ3) is 3.74. The fourth-order valence-corrected chi connectivity index (χ4v) is 4.50. The molecule has 5 heteroatoms. The third-order valence-corrected chi connectivity index (χ3v) is 6.17. The fourth-order valence-electron chi connectivity index (χ4n) is 4.29. The molecule has 5 rings (SSSR count). The number of carbonyl (C=O) groups is 2. The number of aryl methyl sites for hydroxylation is 1. The Balaban J connectivity index is 1.42. The molecule has 0 bridgehead atoms. The lowest BCUT2D eigenvalue weighted by Gasteiger charge is -2.30. The Labute approximate surface area is 191 Å². The molecule has 1 N–H and O–H groups in total. The van der Waals surface area contributed by atoms with Crippen molar-refractivity contribution in [1.82, 2.24) is 0 Å². The van der Waals surface area contributed by atoms with Gasteiger partial charge in [0.2, 0.25) is 0 Å². The smallest absolute Gasteiger partial charge is 0.259 e. The van der Waals surface area contributed by atoms with Crippen LogP contribution in [0.5, 0.6) is 0 Å². The van der Waals surface area contributed by atoms with E-state index in [1.165, 1.54) is 0 Å². The fraction of sp³-hybridized carbons (Fsp3) is 0.111. The highest BCUT2D eigenvalue weighted by molar-refractivity contribution is 6.34. The molecule has 1 heterocycles. The van der Waals surface area contributed by atoms with Gasteiger partial charge in [0.1, 0.15) is 0 Å². The molecule has 1 aliphatic rings. The van der Waals surface area contributed by atoms with Gasteiger partial charge in [0.15, 0.2) is 0 Å². The average molecular weight is 441 g/mol. The van der Waals surface area contributed by atoms with Gasteiger partial charge in [0, 0.05) is 23.5 Å². The molecule has 0 aliphatic carbocycles. The summed E-state index contributed by atoms with van der Waals surface area (Å²) in [5, 5.41) is 5.42. The second kappa shape index (κ2) is 8.48. The molecule has 0 saturated heterocycles. The summed E-state index contributed by atoms with van der Waals surface area (Å²) in [6.45, 7) is 0.638. The van der Waals surface area contributed by atoms with Crippen LogP contribution in [0.4, 0.5) is 11.4 Å². The van der Waals surface area contributed by atoms with Crippen molar-refractivity contribution in [2.75, 3.05) is 16.8 Å². The number of hydrogen-bond donors (Lipinski definition) is 1. The monoisotopic (exact) mass is 440 g/mol. The van der Waals surface area contributed by atoms with Gasteiger partial charge in [0.25, 0.3) is 11.8 Å². The van der Waals surface area contributed by atoms with Crippen LogP contribution in [0.2, 0.25) is 5.02 Å². The molecule has 0 radical (unpaired) electrons. The summed E-state index contributed by atoms with van der Waals surface area (Å²) in [4.78, 5) is 27.9. The number of nitrogens with zero attached hydrogens (tertiary/aromatic N) is 1. The lowest BCUT2D eigenvalue weighted by molar-refractivity contribution is 0.0983. The van der Waals surface area contributed by atoms with E-state index in [2.05, 4.69) is 5.32 Å². The van der Waals surface area contributed by atoms with Gasteiger partial charge < -0.3 is 10.2 Å². The van der Waals surface area contributed by atoms with Crippen LogP contribution in [0.25, 0.3) is 10.8 Å². The first-order valence-electron chi connectivity index (χ1n) is 10.6. The van der Waals surface area contributed by atoms with E-state index >= 15 is 0 Å². The lowest BCUT2D eigenvalue weighted by Crippen LogP contribution is -2.35. The average Bonchev–Trinajstić information content (AvgIpc) is 2.83. The van der Waals surface area contributed by atoms with Gasteiger partial charge in [-0.15, -0.1) is 0 Å². The van der Waals surface area contributed by atoms with Crippen molar-refractivity contribution in [3.05, 3.63) is 107 Å². The molecule has 0 aromatic heterocycles. The number of benzene rings is 4. The Morgan fingerprint density at radius 2 is 1.59 bits per heavy atom. The quantitative estimate of drug-likeness (QED) is 0.404. The molecule has 32 heavy (non-hydrogen) atoms. The highest BCUT2D eigenvalue weighted by Crippen LogP contribution is 2.32. The van der Waals surface area contributed by atoms with Crippen LogP contribution in [0.15, 0.2) is 84.9 Å². The molecule has 4 aromatic carbocycles. The standard InChI is InChI=1S/C27H21ClN2O2/c28-24-13-4-3-11-23(24)27(32)30-16-6-9-19-17-20(14-15-25(19)30)29-26(31)22-12-5-8-18-7-1-2-10-21(18)22/h1-5,7-8,10-15,17H,6,9,16H2,(H,29,31).